The normalized spacial score (nSPS) is 19.5. The van der Waals surface area contributed by atoms with Crippen LogP contribution < -0.4 is 15.0 Å². The van der Waals surface area contributed by atoms with Gasteiger partial charge in [-0.2, -0.15) is 0 Å². The lowest BCUT2D eigenvalue weighted by Crippen LogP contribution is -3.15. The molecule has 0 bridgehead atoms. The lowest BCUT2D eigenvalue weighted by molar-refractivity contribution is -0.924. The molecule has 1 aromatic heterocycles. The molecule has 0 aliphatic carbocycles. The number of nitrogens with one attached hydrogen (secondary N) is 2. The Hall–Kier alpha value is -2.41. The molecule has 1 saturated heterocycles. The second-order valence-corrected chi connectivity index (χ2v) is 5.33. The molecule has 1 amide bonds. The third-order valence-corrected chi connectivity index (χ3v) is 3.92. The summed E-state index contributed by atoms with van der Waals surface area (Å²) < 4.78 is 10.9. The summed E-state index contributed by atoms with van der Waals surface area (Å²) in [6, 6.07) is 7.45. The Morgan fingerprint density at radius 2 is 2.09 bits per heavy atom. The van der Waals surface area contributed by atoms with Gasteiger partial charge in [-0.15, -0.1) is 10.2 Å². The minimum absolute atomic E-state index is 0.00875. The van der Waals surface area contributed by atoms with Crippen molar-refractivity contribution in [3.05, 3.63) is 30.2 Å². The van der Waals surface area contributed by atoms with E-state index < -0.39 is 0 Å². The number of carbonyl (C=O) groups excluding carboxylic acids is 1. The molecule has 0 saturated carbocycles. The fraction of sp³-hybridized carbons (Fsp3) is 0.400. The van der Waals surface area contributed by atoms with Crippen LogP contribution in [0.25, 0.3) is 11.5 Å². The highest BCUT2D eigenvalue weighted by Gasteiger charge is 2.29. The van der Waals surface area contributed by atoms with Crippen molar-refractivity contribution in [1.29, 1.82) is 0 Å². The van der Waals surface area contributed by atoms with E-state index in [1.165, 1.54) is 0 Å². The molecule has 1 aliphatic heterocycles. The summed E-state index contributed by atoms with van der Waals surface area (Å²) in [6.45, 7) is 3.96. The number of rotatable bonds is 4. The Morgan fingerprint density at radius 3 is 2.77 bits per heavy atom. The van der Waals surface area contributed by atoms with Crippen LogP contribution in [0.15, 0.2) is 28.7 Å². The summed E-state index contributed by atoms with van der Waals surface area (Å²) in [5.74, 6) is 1.87. The predicted octanol–water partition coefficient (Wildman–Crippen LogP) is -0.179. The van der Waals surface area contributed by atoms with E-state index in [0.717, 1.165) is 22.8 Å². The molecular weight excluding hydrogens is 284 g/mol. The number of amides is 1. The number of aromatic nitrogens is 2. The molecule has 0 radical (unpaired) electrons. The molecule has 7 heteroatoms. The first kappa shape index (κ1) is 14.5. The maximum Gasteiger partial charge on any atom is 0.275 e. The highest BCUT2D eigenvalue weighted by atomic mass is 16.5. The van der Waals surface area contributed by atoms with Gasteiger partial charge in [-0.3, -0.25) is 4.79 Å². The summed E-state index contributed by atoms with van der Waals surface area (Å²) in [5, 5.41) is 11.1. The van der Waals surface area contributed by atoms with Crippen LogP contribution in [0.1, 0.15) is 18.9 Å². The first-order chi connectivity index (χ1) is 10.7. The summed E-state index contributed by atoms with van der Waals surface area (Å²) in [7, 11) is 1.62. The summed E-state index contributed by atoms with van der Waals surface area (Å²) in [6.07, 6.45) is 0. The molecule has 2 aromatic rings. The van der Waals surface area contributed by atoms with E-state index >= 15 is 0 Å². The molecular formula is C15H19N4O3+. The van der Waals surface area contributed by atoms with Crippen LogP contribution >= 0.6 is 0 Å². The number of carbonyl (C=O) groups is 1. The first-order valence-corrected chi connectivity index (χ1v) is 7.26. The van der Waals surface area contributed by atoms with Crippen molar-refractivity contribution >= 4 is 5.91 Å². The Balaban J connectivity index is 1.76. The minimum atomic E-state index is -0.00875. The molecule has 2 atom stereocenters. The SMILES string of the molecule is COc1ccc(-c2nnc([C@@H](C)[NH+]3CCNC(=O)C3)o2)cc1. The lowest BCUT2D eigenvalue weighted by Gasteiger charge is -2.26. The summed E-state index contributed by atoms with van der Waals surface area (Å²) in [4.78, 5) is 12.6. The molecule has 22 heavy (non-hydrogen) atoms. The zero-order chi connectivity index (χ0) is 15.5. The molecule has 1 fully saturated rings. The van der Waals surface area contributed by atoms with E-state index in [4.69, 9.17) is 9.15 Å². The van der Waals surface area contributed by atoms with Crippen LogP contribution in [0.4, 0.5) is 0 Å². The zero-order valence-corrected chi connectivity index (χ0v) is 12.6. The molecule has 2 N–H and O–H groups in total. The average Bonchev–Trinajstić information content (AvgIpc) is 3.04. The molecule has 116 valence electrons. The van der Waals surface area contributed by atoms with Crippen molar-refractivity contribution in [2.24, 2.45) is 0 Å². The van der Waals surface area contributed by atoms with Crippen LogP contribution in [-0.4, -0.2) is 42.8 Å². The Labute approximate surface area is 128 Å². The number of benzene rings is 1. The standard InChI is InChI=1S/C15H18N4O3/c1-10(19-8-7-16-13(20)9-19)14-17-18-15(22-14)11-3-5-12(21-2)6-4-11/h3-6,10H,7-9H2,1-2H3,(H,16,20)/p+1/t10-/m1/s1. The maximum atomic E-state index is 11.5. The second kappa shape index (κ2) is 6.15. The van der Waals surface area contributed by atoms with Gasteiger partial charge >= 0.3 is 0 Å². The van der Waals surface area contributed by atoms with Crippen molar-refractivity contribution in [3.63, 3.8) is 0 Å². The van der Waals surface area contributed by atoms with Crippen LogP contribution in [0.2, 0.25) is 0 Å². The third-order valence-electron chi connectivity index (χ3n) is 3.92. The third kappa shape index (κ3) is 2.94. The second-order valence-electron chi connectivity index (χ2n) is 5.33. The van der Waals surface area contributed by atoms with Gasteiger partial charge in [0.15, 0.2) is 12.6 Å². The number of methoxy groups -OCH3 is 1. The Morgan fingerprint density at radius 1 is 1.32 bits per heavy atom. The number of hydrogen-bond donors (Lipinski definition) is 2. The van der Waals surface area contributed by atoms with Gasteiger partial charge in [0.25, 0.3) is 11.8 Å². The molecule has 1 unspecified atom stereocenters. The highest BCUT2D eigenvalue weighted by molar-refractivity contribution is 5.77. The number of hydrogen-bond acceptors (Lipinski definition) is 5. The quantitative estimate of drug-likeness (QED) is 0.819. The molecule has 0 spiro atoms. The van der Waals surface area contributed by atoms with Gasteiger partial charge < -0.3 is 19.4 Å². The predicted molar refractivity (Wildman–Crippen MR) is 78.4 cm³/mol. The van der Waals surface area contributed by atoms with E-state index in [-0.39, 0.29) is 11.9 Å². The van der Waals surface area contributed by atoms with Gasteiger partial charge in [-0.25, -0.2) is 0 Å². The van der Waals surface area contributed by atoms with E-state index in [1.807, 2.05) is 31.2 Å². The fourth-order valence-electron chi connectivity index (χ4n) is 2.52. The minimum Gasteiger partial charge on any atom is -0.497 e. The molecule has 1 aliphatic rings. The number of quaternary nitrogens is 1. The van der Waals surface area contributed by atoms with Gasteiger partial charge in [0.05, 0.1) is 20.2 Å². The van der Waals surface area contributed by atoms with Crippen LogP contribution in [-0.2, 0) is 4.79 Å². The van der Waals surface area contributed by atoms with E-state index in [1.54, 1.807) is 7.11 Å². The van der Waals surface area contributed by atoms with E-state index in [9.17, 15) is 4.79 Å². The number of piperazine rings is 1. The summed E-state index contributed by atoms with van der Waals surface area (Å²) in [5.41, 5.74) is 0.845. The molecule has 3 rings (SSSR count). The largest absolute Gasteiger partial charge is 0.497 e. The number of ether oxygens (including phenoxy) is 1. The van der Waals surface area contributed by atoms with Gasteiger partial charge in [0.2, 0.25) is 5.89 Å². The van der Waals surface area contributed by atoms with Crippen molar-refractivity contribution < 1.29 is 18.8 Å². The van der Waals surface area contributed by atoms with Crippen molar-refractivity contribution in [1.82, 2.24) is 15.5 Å². The highest BCUT2D eigenvalue weighted by Crippen LogP contribution is 2.22. The first-order valence-electron chi connectivity index (χ1n) is 7.26. The van der Waals surface area contributed by atoms with Crippen molar-refractivity contribution in [3.8, 4) is 17.2 Å². The average molecular weight is 303 g/mol. The molecule has 2 heterocycles. The smallest absolute Gasteiger partial charge is 0.275 e. The van der Waals surface area contributed by atoms with E-state index in [0.29, 0.717) is 24.9 Å². The van der Waals surface area contributed by atoms with Gasteiger partial charge in [-0.05, 0) is 31.2 Å². The maximum absolute atomic E-state index is 11.5. The van der Waals surface area contributed by atoms with E-state index in [2.05, 4.69) is 15.5 Å². The van der Waals surface area contributed by atoms with Crippen LogP contribution in [0.5, 0.6) is 5.75 Å². The molecule has 1 aromatic carbocycles. The van der Waals surface area contributed by atoms with Gasteiger partial charge in [0.1, 0.15) is 5.75 Å². The van der Waals surface area contributed by atoms with Gasteiger partial charge in [0, 0.05) is 5.56 Å². The van der Waals surface area contributed by atoms with Crippen LogP contribution in [0, 0.1) is 0 Å². The Bertz CT molecular complexity index is 653. The lowest BCUT2D eigenvalue weighted by atomic mass is 10.2. The van der Waals surface area contributed by atoms with Crippen molar-refractivity contribution in [2.45, 2.75) is 13.0 Å². The Kier molecular flexibility index (Phi) is 4.06. The van der Waals surface area contributed by atoms with Crippen molar-refractivity contribution in [2.75, 3.05) is 26.7 Å². The summed E-state index contributed by atoms with van der Waals surface area (Å²) >= 11 is 0. The molecule has 7 nitrogen and oxygen atoms in total. The van der Waals surface area contributed by atoms with Gasteiger partial charge in [-0.1, -0.05) is 0 Å². The topological polar surface area (TPSA) is 81.7 Å². The number of nitrogens with zero attached hydrogens (tertiary/aromatic N) is 2. The van der Waals surface area contributed by atoms with Crippen LogP contribution in [0.3, 0.4) is 0 Å². The zero-order valence-electron chi connectivity index (χ0n) is 12.6. The monoisotopic (exact) mass is 303 g/mol. The fourth-order valence-corrected chi connectivity index (χ4v) is 2.52.